The van der Waals surface area contributed by atoms with Crippen molar-refractivity contribution in [1.82, 2.24) is 52.5 Å². The van der Waals surface area contributed by atoms with Gasteiger partial charge < -0.3 is 102 Å². The third-order valence-electron chi connectivity index (χ3n) is 10.2. The molecule has 1 heterocycles. The molecule has 0 radical (unpaired) electrons. The van der Waals surface area contributed by atoms with Crippen LogP contribution in [0.25, 0.3) is 0 Å². The van der Waals surface area contributed by atoms with Crippen LogP contribution in [0.1, 0.15) is 58.1 Å². The second-order valence-electron chi connectivity index (χ2n) is 16.2. The van der Waals surface area contributed by atoms with Crippen molar-refractivity contribution in [2.24, 2.45) is 38.7 Å². The van der Waals surface area contributed by atoms with Gasteiger partial charge in [-0.25, -0.2) is 9.78 Å². The highest BCUT2D eigenvalue weighted by Crippen LogP contribution is 2.08. The van der Waals surface area contributed by atoms with Crippen molar-refractivity contribution in [2.45, 2.75) is 119 Å². The highest BCUT2D eigenvalue weighted by atomic mass is 32.2. The first-order chi connectivity index (χ1) is 34.3. The van der Waals surface area contributed by atoms with E-state index in [-0.39, 0.29) is 62.8 Å². The van der Waals surface area contributed by atoms with Crippen molar-refractivity contribution >= 4 is 82.9 Å². The van der Waals surface area contributed by atoms with Crippen molar-refractivity contribution in [3.8, 4) is 0 Å². The van der Waals surface area contributed by atoms with E-state index in [9.17, 15) is 73.5 Å². The topological polar surface area (TPSA) is 552 Å². The van der Waals surface area contributed by atoms with Crippen LogP contribution >= 0.6 is 11.8 Å². The number of aliphatic hydroxyl groups excluding tert-OH is 3. The maximum absolute atomic E-state index is 13.9. The summed E-state index contributed by atoms with van der Waals surface area (Å²) >= 11 is 1.35. The van der Waals surface area contributed by atoms with Crippen LogP contribution in [-0.4, -0.2) is 205 Å². The molecule has 10 atom stereocenters. The number of guanidine groups is 2. The molecule has 0 spiro atoms. The molecule has 0 aliphatic rings. The number of imidazole rings is 1. The summed E-state index contributed by atoms with van der Waals surface area (Å²) in [5.74, 6) is -11.8. The van der Waals surface area contributed by atoms with Crippen LogP contribution in [0.3, 0.4) is 0 Å². The summed E-state index contributed by atoms with van der Waals surface area (Å²) in [5.41, 5.74) is 27.3. The summed E-state index contributed by atoms with van der Waals surface area (Å²) < 4.78 is 0. The normalized spacial score (nSPS) is 15.0. The Morgan fingerprint density at radius 2 is 1.11 bits per heavy atom. The fraction of sp³-hybridized carbons (Fsp3) is 0.625. The number of hydrogen-bond donors (Lipinski definition) is 19. The maximum atomic E-state index is 13.9. The van der Waals surface area contributed by atoms with Crippen LogP contribution in [0.4, 0.5) is 0 Å². The smallest absolute Gasteiger partial charge is 0.326 e. The fourth-order valence-corrected chi connectivity index (χ4v) is 6.69. The van der Waals surface area contributed by atoms with Crippen molar-refractivity contribution in [1.29, 1.82) is 0 Å². The molecule has 0 bridgehead atoms. The van der Waals surface area contributed by atoms with Crippen LogP contribution in [0.5, 0.6) is 0 Å². The number of aliphatic carboxylic acids is 2. The molecule has 0 aromatic carbocycles. The van der Waals surface area contributed by atoms with E-state index in [1.54, 1.807) is 6.26 Å². The lowest BCUT2D eigenvalue weighted by molar-refractivity contribution is -0.142. The number of H-pyrrole nitrogens is 1. The van der Waals surface area contributed by atoms with Gasteiger partial charge in [-0.3, -0.25) is 53.1 Å². The molecule has 1 aromatic rings. The number of nitrogens with two attached hydrogens (primary N) is 5. The Hall–Kier alpha value is -7.36. The summed E-state index contributed by atoms with van der Waals surface area (Å²) in [6.07, 6.45) is 0.848. The van der Waals surface area contributed by atoms with E-state index in [4.69, 9.17) is 28.7 Å². The number of hydrogen-bond acceptors (Lipinski definition) is 18. The Morgan fingerprint density at radius 1 is 0.630 bits per heavy atom. The lowest BCUT2D eigenvalue weighted by Crippen LogP contribution is -2.62. The van der Waals surface area contributed by atoms with Gasteiger partial charge in [-0.15, -0.1) is 0 Å². The Kier molecular flexibility index (Phi) is 29.1. The molecule has 0 saturated carbocycles. The molecule has 73 heavy (non-hydrogen) atoms. The molecule has 0 fully saturated rings. The molecule has 0 aliphatic carbocycles. The predicted octanol–water partition coefficient (Wildman–Crippen LogP) is -9.04. The van der Waals surface area contributed by atoms with Crippen LogP contribution < -0.4 is 71.2 Å². The van der Waals surface area contributed by atoms with E-state index in [0.717, 1.165) is 6.92 Å². The molecule has 0 saturated heterocycles. The van der Waals surface area contributed by atoms with Gasteiger partial charge in [-0.2, -0.15) is 11.8 Å². The van der Waals surface area contributed by atoms with Crippen LogP contribution in [0.15, 0.2) is 22.5 Å². The number of aliphatic hydroxyl groups is 3. The third-order valence-corrected chi connectivity index (χ3v) is 10.8. The Labute approximate surface area is 422 Å². The van der Waals surface area contributed by atoms with E-state index in [1.165, 1.54) is 31.2 Å². The van der Waals surface area contributed by atoms with Gasteiger partial charge in [0.15, 0.2) is 11.9 Å². The number of amides is 8. The molecule has 1 rings (SSSR count). The van der Waals surface area contributed by atoms with Gasteiger partial charge in [-0.1, -0.05) is 0 Å². The predicted molar refractivity (Wildman–Crippen MR) is 260 cm³/mol. The quantitative estimate of drug-likeness (QED) is 0.0170. The Bertz CT molecular complexity index is 2070. The second-order valence-corrected chi connectivity index (χ2v) is 17.2. The number of aromatic amines is 1. The van der Waals surface area contributed by atoms with E-state index in [0.29, 0.717) is 5.75 Å². The number of carbonyl (C=O) groups excluding carboxylic acids is 8. The third kappa shape index (κ3) is 24.6. The van der Waals surface area contributed by atoms with Gasteiger partial charge in [-0.05, 0) is 58.0 Å². The summed E-state index contributed by atoms with van der Waals surface area (Å²) in [6, 6.07) is -14.5. The maximum Gasteiger partial charge on any atom is 0.326 e. The largest absolute Gasteiger partial charge is 0.481 e. The zero-order valence-corrected chi connectivity index (χ0v) is 41.2. The molecular weight excluding hydrogens is 991 g/mol. The van der Waals surface area contributed by atoms with Gasteiger partial charge in [0.2, 0.25) is 47.3 Å². The number of aromatic nitrogens is 2. The van der Waals surface area contributed by atoms with Gasteiger partial charge >= 0.3 is 11.9 Å². The molecule has 410 valence electrons. The highest BCUT2D eigenvalue weighted by Gasteiger charge is 2.36. The molecule has 0 unspecified atom stereocenters. The summed E-state index contributed by atoms with van der Waals surface area (Å²) in [7, 11) is 0. The van der Waals surface area contributed by atoms with E-state index < -0.39 is 146 Å². The first-order valence-electron chi connectivity index (χ1n) is 22.4. The molecule has 33 heteroatoms. The fourth-order valence-electron chi connectivity index (χ4n) is 6.22. The summed E-state index contributed by atoms with van der Waals surface area (Å²) in [4.78, 5) is 145. The minimum absolute atomic E-state index is 0.00403. The van der Waals surface area contributed by atoms with Gasteiger partial charge in [0.05, 0.1) is 32.1 Å². The van der Waals surface area contributed by atoms with Crippen molar-refractivity contribution in [3.63, 3.8) is 0 Å². The van der Waals surface area contributed by atoms with Crippen molar-refractivity contribution in [2.75, 3.05) is 38.3 Å². The molecule has 1 aromatic heterocycles. The van der Waals surface area contributed by atoms with Crippen LogP contribution in [0.2, 0.25) is 0 Å². The number of carboxylic acids is 2. The SMILES string of the molecule is CSCC[C@H](NC(=O)[C@H](C)NC(=O)[C@@H](NC(=O)[C@H](CCCN=C(N)N)NC(=O)[C@H](CO)NC(=O)[C@H](Cc1cnc[nH]1)NC(=O)[C@H](CC(=O)O)NC(=O)[C@H](CCCN=C(N)N)NC(=O)[C@@H](N)CO)[C@@H](C)O)C(=O)O. The number of rotatable bonds is 35. The second kappa shape index (κ2) is 33.3. The Balaban J connectivity index is 3.42. The van der Waals surface area contributed by atoms with E-state index in [1.807, 2.05) is 0 Å². The van der Waals surface area contributed by atoms with Crippen molar-refractivity contribution < 1.29 is 73.5 Å². The highest BCUT2D eigenvalue weighted by molar-refractivity contribution is 7.98. The lowest BCUT2D eigenvalue weighted by atomic mass is 10.1. The van der Waals surface area contributed by atoms with Crippen LogP contribution in [0, 0.1) is 0 Å². The summed E-state index contributed by atoms with van der Waals surface area (Å²) in [5, 5.41) is 67.7. The van der Waals surface area contributed by atoms with E-state index >= 15 is 0 Å². The zero-order valence-electron chi connectivity index (χ0n) is 40.4. The minimum atomic E-state index is -1.92. The molecule has 8 amide bonds. The molecule has 0 aliphatic heterocycles. The number of nitrogens with one attached hydrogen (secondary N) is 9. The first kappa shape index (κ1) is 63.7. The lowest BCUT2D eigenvalue weighted by Gasteiger charge is -2.28. The average Bonchev–Trinajstić information content (AvgIpc) is 3.84. The van der Waals surface area contributed by atoms with Gasteiger partial charge in [0, 0.05) is 31.4 Å². The number of carboxylic acid groups (broad SMARTS) is 2. The number of aliphatic imine (C=N–C) groups is 2. The summed E-state index contributed by atoms with van der Waals surface area (Å²) in [6.45, 7) is 0.339. The molecule has 32 nitrogen and oxygen atoms in total. The Morgan fingerprint density at radius 3 is 1.59 bits per heavy atom. The first-order valence-corrected chi connectivity index (χ1v) is 23.8. The van der Waals surface area contributed by atoms with Gasteiger partial charge in [0.1, 0.15) is 54.4 Å². The molecule has 24 N–H and O–H groups in total. The van der Waals surface area contributed by atoms with Crippen LogP contribution in [-0.2, 0) is 54.4 Å². The standard InChI is InChI=1S/C40H69N17O15S/c1-18(30(63)53-24(38(71)72)8-11-73-3)50-37(70)29(19(2)60)57-33(66)23(7-5-10-48-40(44)45)52-36(69)27(16-59)56-34(67)25(12-20-14-46-17-49-20)54-35(68)26(13-28(61)62)55-32(65)22(6-4-9-47-39(42)43)51-31(64)21(41)15-58/h14,17-19,21-27,29,58-60H,4-13,15-16,41H2,1-3H3,(H,46,49)(H,50,70)(H,51,64)(H,52,69)(H,53,63)(H,54,68)(H,55,65)(H,56,67)(H,57,66)(H,61,62)(H,71,72)(H4,42,43,47)(H4,44,45,48)/t18-,19+,21-,22-,23-,24-,25-,26-,27-,29-/m0/s1. The van der Waals surface area contributed by atoms with Crippen molar-refractivity contribution in [3.05, 3.63) is 18.2 Å². The number of carbonyl (C=O) groups is 10. The van der Waals surface area contributed by atoms with E-state index in [2.05, 4.69) is 62.5 Å². The minimum Gasteiger partial charge on any atom is -0.481 e. The molecular formula is C40H69N17O15S. The average molecular weight is 1060 g/mol. The zero-order chi connectivity index (χ0) is 55.4. The number of thioether (sulfide) groups is 1. The number of nitrogens with zero attached hydrogens (tertiary/aromatic N) is 3. The van der Waals surface area contributed by atoms with Gasteiger partial charge in [0.25, 0.3) is 0 Å². The monoisotopic (exact) mass is 1060 g/mol.